The molecule has 2 N–H and O–H groups in total. The van der Waals surface area contributed by atoms with Crippen LogP contribution in [0.4, 0.5) is 5.95 Å². The average Bonchev–Trinajstić information content (AvgIpc) is 3.26. The predicted molar refractivity (Wildman–Crippen MR) is 122 cm³/mol. The molecule has 1 aliphatic heterocycles. The fourth-order valence-electron chi connectivity index (χ4n) is 3.76. The highest BCUT2D eigenvalue weighted by molar-refractivity contribution is 6.01. The van der Waals surface area contributed by atoms with Crippen molar-refractivity contribution < 1.29 is 19.1 Å². The molecule has 1 fully saturated rings. The van der Waals surface area contributed by atoms with Crippen molar-refractivity contribution >= 4 is 24.2 Å². The van der Waals surface area contributed by atoms with Crippen molar-refractivity contribution in [3.8, 4) is 5.82 Å². The SMILES string of the molecule is Cc1ccccc1C(=O)N(C=O)C(C)c1nc(N)nn1-c1ccc(C(=O)N2CCOCC2)cn1. The van der Waals surface area contributed by atoms with E-state index in [2.05, 4.69) is 15.1 Å². The summed E-state index contributed by atoms with van der Waals surface area (Å²) < 4.78 is 6.65. The number of amides is 3. The Bertz CT molecular complexity index is 1200. The third kappa shape index (κ3) is 4.50. The number of benzene rings is 1. The van der Waals surface area contributed by atoms with Gasteiger partial charge in [-0.3, -0.25) is 19.3 Å². The summed E-state index contributed by atoms with van der Waals surface area (Å²) in [7, 11) is 0. The molecule has 11 heteroatoms. The highest BCUT2D eigenvalue weighted by Crippen LogP contribution is 2.23. The summed E-state index contributed by atoms with van der Waals surface area (Å²) in [5, 5.41) is 4.19. The molecule has 34 heavy (non-hydrogen) atoms. The minimum atomic E-state index is -0.786. The Morgan fingerprint density at radius 1 is 1.18 bits per heavy atom. The Labute approximate surface area is 196 Å². The number of rotatable bonds is 6. The number of pyridine rings is 1. The van der Waals surface area contributed by atoms with Gasteiger partial charge < -0.3 is 15.4 Å². The number of nitrogens with zero attached hydrogens (tertiary/aromatic N) is 6. The molecule has 1 aromatic carbocycles. The Morgan fingerprint density at radius 2 is 1.91 bits per heavy atom. The summed E-state index contributed by atoms with van der Waals surface area (Å²) in [5.74, 6) is -0.0329. The zero-order chi connectivity index (χ0) is 24.2. The maximum absolute atomic E-state index is 13.1. The van der Waals surface area contributed by atoms with E-state index in [9.17, 15) is 14.4 Å². The van der Waals surface area contributed by atoms with Crippen LogP contribution in [-0.2, 0) is 9.53 Å². The van der Waals surface area contributed by atoms with Crippen molar-refractivity contribution in [1.82, 2.24) is 29.5 Å². The topological polar surface area (TPSA) is 137 Å². The number of hydrogen-bond acceptors (Lipinski definition) is 8. The molecule has 1 aliphatic rings. The van der Waals surface area contributed by atoms with E-state index >= 15 is 0 Å². The number of aromatic nitrogens is 4. The first-order valence-electron chi connectivity index (χ1n) is 10.8. The van der Waals surface area contributed by atoms with Crippen LogP contribution in [0.1, 0.15) is 45.1 Å². The van der Waals surface area contributed by atoms with Crippen LogP contribution in [0, 0.1) is 6.92 Å². The minimum Gasteiger partial charge on any atom is -0.378 e. The first-order chi connectivity index (χ1) is 16.4. The van der Waals surface area contributed by atoms with Gasteiger partial charge in [-0.15, -0.1) is 5.10 Å². The van der Waals surface area contributed by atoms with Crippen LogP contribution < -0.4 is 5.73 Å². The highest BCUT2D eigenvalue weighted by atomic mass is 16.5. The van der Waals surface area contributed by atoms with Crippen molar-refractivity contribution in [3.05, 3.63) is 65.1 Å². The van der Waals surface area contributed by atoms with Crippen molar-refractivity contribution in [2.24, 2.45) is 0 Å². The van der Waals surface area contributed by atoms with Gasteiger partial charge in [0, 0.05) is 24.8 Å². The molecule has 3 amide bonds. The van der Waals surface area contributed by atoms with Crippen LogP contribution in [0.2, 0.25) is 0 Å². The molecule has 3 heterocycles. The fourth-order valence-corrected chi connectivity index (χ4v) is 3.76. The highest BCUT2D eigenvalue weighted by Gasteiger charge is 2.28. The molecule has 176 valence electrons. The molecule has 11 nitrogen and oxygen atoms in total. The minimum absolute atomic E-state index is 0.0358. The molecule has 0 aliphatic carbocycles. The lowest BCUT2D eigenvalue weighted by Crippen LogP contribution is -2.40. The quantitative estimate of drug-likeness (QED) is 0.542. The van der Waals surface area contributed by atoms with Crippen LogP contribution in [0.5, 0.6) is 0 Å². The second kappa shape index (κ2) is 9.79. The lowest BCUT2D eigenvalue weighted by atomic mass is 10.1. The lowest BCUT2D eigenvalue weighted by molar-refractivity contribution is -0.117. The number of anilines is 1. The van der Waals surface area contributed by atoms with Crippen molar-refractivity contribution in [1.29, 1.82) is 0 Å². The number of morpholine rings is 1. The number of ether oxygens (including phenoxy) is 1. The van der Waals surface area contributed by atoms with E-state index in [0.717, 1.165) is 10.5 Å². The first kappa shape index (κ1) is 23.1. The van der Waals surface area contributed by atoms with Crippen molar-refractivity contribution in [2.75, 3.05) is 32.0 Å². The maximum Gasteiger partial charge on any atom is 0.261 e. The smallest absolute Gasteiger partial charge is 0.261 e. The Morgan fingerprint density at radius 3 is 2.56 bits per heavy atom. The molecule has 0 radical (unpaired) electrons. The molecule has 0 spiro atoms. The zero-order valence-electron chi connectivity index (χ0n) is 18.9. The molecule has 1 atom stereocenters. The van der Waals surface area contributed by atoms with E-state index < -0.39 is 11.9 Å². The van der Waals surface area contributed by atoms with Crippen molar-refractivity contribution in [2.45, 2.75) is 19.9 Å². The number of carbonyl (C=O) groups excluding carboxylic acids is 3. The van der Waals surface area contributed by atoms with Gasteiger partial charge in [0.25, 0.3) is 11.8 Å². The van der Waals surface area contributed by atoms with E-state index in [1.165, 1.54) is 10.9 Å². The summed E-state index contributed by atoms with van der Waals surface area (Å²) in [4.78, 5) is 49.0. The Kier molecular flexibility index (Phi) is 6.64. The summed E-state index contributed by atoms with van der Waals surface area (Å²) in [6, 6.07) is 9.48. The molecule has 2 aromatic heterocycles. The Balaban J connectivity index is 1.61. The van der Waals surface area contributed by atoms with Gasteiger partial charge in [0.05, 0.1) is 24.8 Å². The van der Waals surface area contributed by atoms with Gasteiger partial charge >= 0.3 is 0 Å². The van der Waals surface area contributed by atoms with E-state index in [0.29, 0.717) is 49.7 Å². The standard InChI is InChI=1S/C23H25N7O4/c1-15-5-3-4-6-18(15)22(33)29(14-31)16(2)20-26-23(24)27-30(20)19-8-7-17(13-25-19)21(32)28-9-11-34-12-10-28/h3-8,13-14,16H,9-12H2,1-2H3,(H2,24,27). The average molecular weight is 463 g/mol. The van der Waals surface area contributed by atoms with Crippen molar-refractivity contribution in [3.63, 3.8) is 0 Å². The third-order valence-corrected chi connectivity index (χ3v) is 5.67. The van der Waals surface area contributed by atoms with Crippen LogP contribution in [0.3, 0.4) is 0 Å². The van der Waals surface area contributed by atoms with Crippen LogP contribution in [-0.4, -0.2) is 74.1 Å². The normalized spacial score (nSPS) is 14.5. The maximum atomic E-state index is 13.1. The van der Waals surface area contributed by atoms with E-state index in [-0.39, 0.29) is 17.7 Å². The van der Waals surface area contributed by atoms with Gasteiger partial charge in [-0.25, -0.2) is 4.98 Å². The number of nitrogen functional groups attached to an aromatic ring is 1. The zero-order valence-corrected chi connectivity index (χ0v) is 18.9. The van der Waals surface area contributed by atoms with E-state index in [4.69, 9.17) is 10.5 Å². The molecule has 1 saturated heterocycles. The predicted octanol–water partition coefficient (Wildman–Crippen LogP) is 1.39. The molecule has 3 aromatic rings. The number of hydrogen-bond donors (Lipinski definition) is 1. The van der Waals surface area contributed by atoms with Crippen LogP contribution in [0.15, 0.2) is 42.6 Å². The van der Waals surface area contributed by atoms with Crippen LogP contribution in [0.25, 0.3) is 5.82 Å². The number of carbonyl (C=O) groups is 3. The van der Waals surface area contributed by atoms with Gasteiger partial charge in [0.15, 0.2) is 11.6 Å². The van der Waals surface area contributed by atoms with Gasteiger partial charge in [-0.05, 0) is 37.6 Å². The molecule has 1 unspecified atom stereocenters. The van der Waals surface area contributed by atoms with Gasteiger partial charge in [0.2, 0.25) is 12.4 Å². The second-order valence-corrected chi connectivity index (χ2v) is 7.86. The summed E-state index contributed by atoms with van der Waals surface area (Å²) in [6.07, 6.45) is 1.92. The monoisotopic (exact) mass is 463 g/mol. The first-order valence-corrected chi connectivity index (χ1v) is 10.8. The fraction of sp³-hybridized carbons (Fsp3) is 0.304. The molecule has 0 bridgehead atoms. The van der Waals surface area contributed by atoms with Gasteiger partial charge in [-0.1, -0.05) is 18.2 Å². The molecular weight excluding hydrogens is 438 g/mol. The number of imide groups is 1. The van der Waals surface area contributed by atoms with E-state index in [1.807, 2.05) is 6.07 Å². The lowest BCUT2D eigenvalue weighted by Gasteiger charge is -2.26. The van der Waals surface area contributed by atoms with Gasteiger partial charge in [-0.2, -0.15) is 9.67 Å². The summed E-state index contributed by atoms with van der Waals surface area (Å²) >= 11 is 0. The summed E-state index contributed by atoms with van der Waals surface area (Å²) in [6.45, 7) is 5.51. The van der Waals surface area contributed by atoms with E-state index in [1.54, 1.807) is 49.1 Å². The summed E-state index contributed by atoms with van der Waals surface area (Å²) in [5.41, 5.74) is 7.43. The van der Waals surface area contributed by atoms with Gasteiger partial charge in [0.1, 0.15) is 0 Å². The Hall–Kier alpha value is -4.12. The molecule has 0 saturated carbocycles. The number of aryl methyl sites for hydroxylation is 1. The van der Waals surface area contributed by atoms with Crippen LogP contribution >= 0.6 is 0 Å². The third-order valence-electron chi connectivity index (χ3n) is 5.67. The second-order valence-electron chi connectivity index (χ2n) is 7.86. The molecule has 4 rings (SSSR count). The molecular formula is C23H25N7O4. The largest absolute Gasteiger partial charge is 0.378 e. The number of nitrogens with two attached hydrogens (primary N) is 1.